The Morgan fingerprint density at radius 1 is 0.435 bits per heavy atom. The molecular weight excluding hydrogens is 1360 g/mol. The monoisotopic (exact) mass is 1440 g/mol. The smallest absolute Gasteiger partial charge is 0.275 e. The van der Waals surface area contributed by atoms with Gasteiger partial charge in [0.15, 0.2) is 11.3 Å². The van der Waals surface area contributed by atoms with Crippen LogP contribution in [0.4, 0.5) is 0 Å². The number of hydrogen-bond donors (Lipinski definition) is 6. The number of aliphatic hydroxyl groups is 2. The molecular formula is C84H73N15O9. The number of fused-ring (bicyclic) bond motifs is 4. The fourth-order valence-corrected chi connectivity index (χ4v) is 13.0. The standard InChI is InChI=1S/C24H23N5O2.C21H18N4O2.C20H17N3O3.C19H15N3O2/c1-27-11-13-28(14-12-27)24(31)18-7-9-19(10-8-18)29-15-20(17-5-3-2-4-6-17)21-22(29)25-16-26-23(21)30;1-24(2)21(27)15-8-10-16(11-9-15)25-12-17(14-6-4-3-5-7-14)18-19(25)22-13-23-20(18)26;24-9-10-26-16-8-4-5-14(11-16)17-12-23(15-6-2-1-3-7-15)19-18(17)21-13-22-20(19)25;23-11-13-6-8-14(9-7-13)16-10-22(15-4-2-1-3-5-15)18-17(16)20-12-21-19(18)24/h2-10,15-16H,11-14H2,1H3,(H,25,26,30);3-13H,1-2H3,(H,22,23,26);1-8,11-13,24H,9-10H2,(H,21,22,25);1-10,12,23H,11H2,(H,20,21,24). The first-order chi connectivity index (χ1) is 52.7. The van der Waals surface area contributed by atoms with Gasteiger partial charge < -0.3 is 67.9 Å². The van der Waals surface area contributed by atoms with E-state index in [1.165, 1.54) is 30.2 Å². The van der Waals surface area contributed by atoms with Gasteiger partial charge in [0.2, 0.25) is 0 Å². The minimum absolute atomic E-state index is 0.00394. The van der Waals surface area contributed by atoms with Gasteiger partial charge in [-0.05, 0) is 120 Å². The summed E-state index contributed by atoms with van der Waals surface area (Å²) in [6.45, 7) is 3.45. The van der Waals surface area contributed by atoms with Gasteiger partial charge in [-0.2, -0.15) is 0 Å². The van der Waals surface area contributed by atoms with Gasteiger partial charge in [-0.3, -0.25) is 28.8 Å². The number of piperazine rings is 1. The highest BCUT2D eigenvalue weighted by Crippen LogP contribution is 2.35. The van der Waals surface area contributed by atoms with Crippen molar-refractivity contribution in [3.63, 3.8) is 0 Å². The second-order valence-corrected chi connectivity index (χ2v) is 25.6. The average molecular weight is 1440 g/mol. The minimum Gasteiger partial charge on any atom is -0.491 e. The molecule has 0 spiro atoms. The number of aromatic amines is 4. The van der Waals surface area contributed by atoms with Crippen molar-refractivity contribution in [3.8, 4) is 73.0 Å². The molecule has 1 saturated heterocycles. The average Bonchev–Trinajstić information content (AvgIpc) is 1.63. The second-order valence-electron chi connectivity index (χ2n) is 25.6. The van der Waals surface area contributed by atoms with Crippen molar-refractivity contribution in [2.75, 3.05) is 60.5 Å². The van der Waals surface area contributed by atoms with Gasteiger partial charge in [-0.25, -0.2) is 19.9 Å². The summed E-state index contributed by atoms with van der Waals surface area (Å²) in [4.78, 5) is 109. The zero-order valence-corrected chi connectivity index (χ0v) is 59.0. The second kappa shape index (κ2) is 32.0. The maximum absolute atomic E-state index is 12.8. The molecule has 0 saturated carbocycles. The Morgan fingerprint density at radius 2 is 0.843 bits per heavy atom. The summed E-state index contributed by atoms with van der Waals surface area (Å²) in [6.07, 6.45) is 13.3. The quantitative estimate of drug-likeness (QED) is 0.0590. The molecule has 0 radical (unpaired) electrons. The summed E-state index contributed by atoms with van der Waals surface area (Å²) in [5.41, 5.74) is 15.4. The van der Waals surface area contributed by atoms with Crippen molar-refractivity contribution in [3.05, 3.63) is 327 Å². The summed E-state index contributed by atoms with van der Waals surface area (Å²) < 4.78 is 13.0. The third-order valence-corrected chi connectivity index (χ3v) is 18.5. The minimum atomic E-state index is -0.196. The van der Waals surface area contributed by atoms with Crippen LogP contribution in [0.1, 0.15) is 26.3 Å². The fourth-order valence-electron chi connectivity index (χ4n) is 13.0. The van der Waals surface area contributed by atoms with Crippen LogP contribution in [-0.2, 0) is 6.61 Å². The van der Waals surface area contributed by atoms with E-state index in [9.17, 15) is 33.9 Å². The molecule has 6 N–H and O–H groups in total. The molecule has 8 aromatic heterocycles. The van der Waals surface area contributed by atoms with Crippen molar-refractivity contribution in [2.45, 2.75) is 6.61 Å². The number of rotatable bonds is 14. The molecule has 108 heavy (non-hydrogen) atoms. The van der Waals surface area contributed by atoms with Crippen LogP contribution in [-0.4, -0.2) is 155 Å². The third kappa shape index (κ3) is 14.9. The molecule has 538 valence electrons. The number of hydrogen-bond acceptors (Lipinski definition) is 14. The zero-order valence-electron chi connectivity index (χ0n) is 59.0. The molecule has 1 fully saturated rings. The van der Waals surface area contributed by atoms with Crippen molar-refractivity contribution in [1.82, 2.24) is 72.8 Å². The van der Waals surface area contributed by atoms with Crippen LogP contribution in [0.2, 0.25) is 0 Å². The van der Waals surface area contributed by atoms with Gasteiger partial charge in [0.1, 0.15) is 34.4 Å². The van der Waals surface area contributed by atoms with E-state index in [2.05, 4.69) is 51.8 Å². The lowest BCUT2D eigenvalue weighted by atomic mass is 10.1. The van der Waals surface area contributed by atoms with E-state index in [4.69, 9.17) is 9.84 Å². The number of benzene rings is 8. The van der Waals surface area contributed by atoms with Crippen LogP contribution < -0.4 is 27.0 Å². The third-order valence-electron chi connectivity index (χ3n) is 18.5. The Bertz CT molecular complexity index is 6100. The largest absolute Gasteiger partial charge is 0.491 e. The molecule has 0 atom stereocenters. The number of nitrogens with zero attached hydrogens (tertiary/aromatic N) is 11. The van der Waals surface area contributed by atoms with Crippen LogP contribution in [0.15, 0.2) is 288 Å². The lowest BCUT2D eigenvalue weighted by Gasteiger charge is -2.32. The molecule has 24 heteroatoms. The van der Waals surface area contributed by atoms with E-state index >= 15 is 0 Å². The van der Waals surface area contributed by atoms with Crippen molar-refractivity contribution < 1.29 is 24.5 Å². The van der Waals surface area contributed by atoms with Gasteiger partial charge in [-0.15, -0.1) is 0 Å². The van der Waals surface area contributed by atoms with Crippen molar-refractivity contribution in [1.29, 1.82) is 0 Å². The Labute approximate surface area is 617 Å². The summed E-state index contributed by atoms with van der Waals surface area (Å²) in [5, 5.41) is 19.2. The fraction of sp³-hybridized carbons (Fsp3) is 0.119. The number of carbonyl (C=O) groups is 2. The van der Waals surface area contributed by atoms with E-state index < -0.39 is 0 Å². The highest BCUT2D eigenvalue weighted by Gasteiger charge is 2.24. The molecule has 16 aromatic rings. The molecule has 0 bridgehead atoms. The molecule has 1 aliphatic heterocycles. The summed E-state index contributed by atoms with van der Waals surface area (Å²) in [7, 11) is 5.51. The number of likely N-dealkylation sites (N-methyl/N-ethyl adjacent to an activating group) is 1. The first-order valence-corrected chi connectivity index (χ1v) is 34.7. The van der Waals surface area contributed by atoms with Gasteiger partial charge in [0.25, 0.3) is 34.1 Å². The Kier molecular flexibility index (Phi) is 21.0. The molecule has 9 heterocycles. The maximum atomic E-state index is 12.8. The van der Waals surface area contributed by atoms with Crippen LogP contribution in [0.3, 0.4) is 0 Å². The van der Waals surface area contributed by atoms with Crippen LogP contribution in [0.5, 0.6) is 5.75 Å². The molecule has 17 rings (SSSR count). The van der Waals surface area contributed by atoms with Gasteiger partial charge in [0.05, 0.1) is 49.3 Å². The summed E-state index contributed by atoms with van der Waals surface area (Å²) in [6, 6.07) is 68.8. The number of ether oxygens (including phenoxy) is 1. The normalized spacial score (nSPS) is 12.1. The van der Waals surface area contributed by atoms with Crippen LogP contribution in [0.25, 0.3) is 111 Å². The Morgan fingerprint density at radius 3 is 1.31 bits per heavy atom. The Hall–Kier alpha value is -13.9. The van der Waals surface area contributed by atoms with E-state index in [1.807, 2.05) is 254 Å². The summed E-state index contributed by atoms with van der Waals surface area (Å²) in [5.74, 6) is 0.650. The SMILES string of the molecule is CN(C)C(=O)c1ccc(-n2cc(-c3ccccc3)c3c(=O)[nH]cnc32)cc1.CN1CCN(C(=O)c2ccc(-n3cc(-c4ccccc4)c4c(=O)[nH]cnc43)cc2)CC1.O=c1[nH]cnc2c(-c3ccc(CO)cc3)cn(-c3ccccc3)c12.O=c1[nH]cnc2c(-c3cccc(OCCO)c3)cn(-c3ccccc3)c12. The predicted octanol–water partition coefficient (Wildman–Crippen LogP) is 11.5. The molecule has 24 nitrogen and oxygen atoms in total. The topological polar surface area (TPSA) is 296 Å². The first-order valence-electron chi connectivity index (χ1n) is 34.7. The molecule has 2 amide bonds. The molecule has 0 unspecified atom stereocenters. The highest BCUT2D eigenvalue weighted by atomic mass is 16.5. The predicted molar refractivity (Wildman–Crippen MR) is 418 cm³/mol. The van der Waals surface area contributed by atoms with Crippen molar-refractivity contribution in [2.24, 2.45) is 0 Å². The lowest BCUT2D eigenvalue weighted by Crippen LogP contribution is -2.47. The van der Waals surface area contributed by atoms with Gasteiger partial charge in [-0.1, -0.05) is 133 Å². The number of nitrogens with one attached hydrogen (secondary N) is 4. The van der Waals surface area contributed by atoms with Gasteiger partial charge >= 0.3 is 0 Å². The van der Waals surface area contributed by atoms with Crippen LogP contribution >= 0.6 is 0 Å². The first kappa shape index (κ1) is 71.1. The number of aromatic nitrogens is 12. The van der Waals surface area contributed by atoms with Crippen molar-refractivity contribution >= 4 is 55.9 Å². The van der Waals surface area contributed by atoms with Gasteiger partial charge in [0, 0.05) is 121 Å². The molecule has 0 aliphatic carbocycles. The zero-order chi connectivity index (χ0) is 74.8. The molecule has 1 aliphatic rings. The van der Waals surface area contributed by atoms with E-state index in [0.717, 1.165) is 99.0 Å². The number of H-pyrrole nitrogens is 4. The number of para-hydroxylation sites is 2. The number of carbonyl (C=O) groups excluding carboxylic acids is 2. The number of amides is 2. The van der Waals surface area contributed by atoms with E-state index in [0.29, 0.717) is 61.0 Å². The summed E-state index contributed by atoms with van der Waals surface area (Å²) >= 11 is 0. The van der Waals surface area contributed by atoms with Crippen LogP contribution in [0, 0.1) is 0 Å². The highest BCUT2D eigenvalue weighted by molar-refractivity contribution is 5.99. The Balaban J connectivity index is 0.000000121. The van der Waals surface area contributed by atoms with E-state index in [-0.39, 0.29) is 53.9 Å². The maximum Gasteiger partial charge on any atom is 0.275 e. The van der Waals surface area contributed by atoms with E-state index in [1.54, 1.807) is 26.2 Å². The lowest BCUT2D eigenvalue weighted by molar-refractivity contribution is 0.0663. The number of aliphatic hydroxyl groups excluding tert-OH is 2. The molecule has 8 aromatic carbocycles.